The number of rotatable bonds is 6. The van der Waals surface area contributed by atoms with Crippen LogP contribution in [0.1, 0.15) is 11.4 Å². The summed E-state index contributed by atoms with van der Waals surface area (Å²) < 4.78 is 14.9. The van der Waals surface area contributed by atoms with E-state index in [2.05, 4.69) is 10.3 Å². The van der Waals surface area contributed by atoms with E-state index >= 15 is 0 Å². The second-order valence-corrected chi connectivity index (χ2v) is 6.31. The molecule has 2 aromatic carbocycles. The Hall–Kier alpha value is -2.34. The molecule has 0 atom stereocenters. The standard InChI is InChI=1S/C18H18FN3OS/c1-24-12-17-21-15-4-2-3-5-16(15)22(17)11-18(23)20-10-13-6-8-14(19)9-7-13/h2-9H,10-12H2,1H3,(H,20,23). The molecule has 4 nitrogen and oxygen atoms in total. The van der Waals surface area contributed by atoms with Crippen LogP contribution >= 0.6 is 11.8 Å². The van der Waals surface area contributed by atoms with Gasteiger partial charge in [0.15, 0.2) is 0 Å². The quantitative estimate of drug-likeness (QED) is 0.747. The number of benzene rings is 2. The zero-order valence-corrected chi connectivity index (χ0v) is 14.1. The molecule has 3 rings (SSSR count). The van der Waals surface area contributed by atoms with Crippen molar-refractivity contribution in [2.24, 2.45) is 0 Å². The highest BCUT2D eigenvalue weighted by molar-refractivity contribution is 7.97. The highest BCUT2D eigenvalue weighted by Crippen LogP contribution is 2.18. The van der Waals surface area contributed by atoms with Crippen molar-refractivity contribution < 1.29 is 9.18 Å². The number of fused-ring (bicyclic) bond motifs is 1. The van der Waals surface area contributed by atoms with Gasteiger partial charge in [-0.1, -0.05) is 24.3 Å². The van der Waals surface area contributed by atoms with Gasteiger partial charge in [-0.25, -0.2) is 9.37 Å². The Balaban J connectivity index is 1.72. The van der Waals surface area contributed by atoms with Crippen molar-refractivity contribution in [3.8, 4) is 0 Å². The van der Waals surface area contributed by atoms with Gasteiger partial charge < -0.3 is 9.88 Å². The maximum Gasteiger partial charge on any atom is 0.240 e. The molecule has 24 heavy (non-hydrogen) atoms. The van der Waals surface area contributed by atoms with Gasteiger partial charge in [0.05, 0.1) is 16.8 Å². The number of amides is 1. The molecule has 0 saturated carbocycles. The molecule has 1 aromatic heterocycles. The minimum Gasteiger partial charge on any atom is -0.350 e. The fourth-order valence-corrected chi connectivity index (χ4v) is 3.02. The minimum absolute atomic E-state index is 0.0927. The smallest absolute Gasteiger partial charge is 0.240 e. The van der Waals surface area contributed by atoms with Gasteiger partial charge in [-0.05, 0) is 36.1 Å². The van der Waals surface area contributed by atoms with Crippen molar-refractivity contribution >= 4 is 28.7 Å². The zero-order valence-electron chi connectivity index (χ0n) is 13.3. The Morgan fingerprint density at radius 2 is 1.96 bits per heavy atom. The zero-order chi connectivity index (χ0) is 16.9. The normalized spacial score (nSPS) is 10.9. The number of carbonyl (C=O) groups is 1. The van der Waals surface area contributed by atoms with Crippen molar-refractivity contribution in [2.45, 2.75) is 18.8 Å². The Morgan fingerprint density at radius 3 is 2.71 bits per heavy atom. The van der Waals surface area contributed by atoms with Gasteiger partial charge >= 0.3 is 0 Å². The number of para-hydroxylation sites is 2. The molecule has 0 spiro atoms. The van der Waals surface area contributed by atoms with E-state index in [1.165, 1.54) is 12.1 Å². The van der Waals surface area contributed by atoms with E-state index in [-0.39, 0.29) is 18.3 Å². The summed E-state index contributed by atoms with van der Waals surface area (Å²) in [6.45, 7) is 0.598. The Morgan fingerprint density at radius 1 is 1.21 bits per heavy atom. The van der Waals surface area contributed by atoms with Crippen LogP contribution in [0.4, 0.5) is 4.39 Å². The van der Waals surface area contributed by atoms with Crippen LogP contribution in [0.3, 0.4) is 0 Å². The van der Waals surface area contributed by atoms with E-state index in [4.69, 9.17) is 0 Å². The second-order valence-electron chi connectivity index (χ2n) is 5.44. The number of aromatic nitrogens is 2. The van der Waals surface area contributed by atoms with Crippen LogP contribution in [0.5, 0.6) is 0 Å². The molecule has 6 heteroatoms. The van der Waals surface area contributed by atoms with E-state index in [1.54, 1.807) is 23.9 Å². The van der Waals surface area contributed by atoms with Crippen molar-refractivity contribution in [2.75, 3.05) is 6.26 Å². The van der Waals surface area contributed by atoms with Crippen LogP contribution in [0.2, 0.25) is 0 Å². The van der Waals surface area contributed by atoms with Crippen LogP contribution in [-0.2, 0) is 23.6 Å². The lowest BCUT2D eigenvalue weighted by molar-refractivity contribution is -0.121. The van der Waals surface area contributed by atoms with Crippen molar-refractivity contribution in [3.05, 3.63) is 65.7 Å². The third-order valence-corrected chi connectivity index (χ3v) is 4.26. The highest BCUT2D eigenvalue weighted by Gasteiger charge is 2.13. The first-order valence-corrected chi connectivity index (χ1v) is 9.01. The first kappa shape index (κ1) is 16.5. The predicted octanol–water partition coefficient (Wildman–Crippen LogP) is 3.35. The fraction of sp³-hybridized carbons (Fsp3) is 0.222. The summed E-state index contributed by atoms with van der Waals surface area (Å²) in [4.78, 5) is 16.9. The van der Waals surface area contributed by atoms with Gasteiger partial charge in [-0.15, -0.1) is 0 Å². The van der Waals surface area contributed by atoms with Crippen LogP contribution < -0.4 is 5.32 Å². The van der Waals surface area contributed by atoms with E-state index < -0.39 is 0 Å². The third kappa shape index (κ3) is 3.76. The molecule has 1 N–H and O–H groups in total. The molecule has 0 unspecified atom stereocenters. The van der Waals surface area contributed by atoms with Gasteiger partial charge in [-0.2, -0.15) is 11.8 Å². The lowest BCUT2D eigenvalue weighted by Gasteiger charge is -2.10. The van der Waals surface area contributed by atoms with Crippen molar-refractivity contribution in [1.82, 2.24) is 14.9 Å². The molecule has 124 valence electrons. The van der Waals surface area contributed by atoms with E-state index in [0.717, 1.165) is 28.2 Å². The minimum atomic E-state index is -0.281. The van der Waals surface area contributed by atoms with Crippen LogP contribution in [-0.4, -0.2) is 21.7 Å². The van der Waals surface area contributed by atoms with Crippen molar-refractivity contribution in [1.29, 1.82) is 0 Å². The first-order valence-electron chi connectivity index (χ1n) is 7.61. The monoisotopic (exact) mass is 343 g/mol. The molecule has 0 saturated heterocycles. The molecule has 0 aliphatic carbocycles. The average molecular weight is 343 g/mol. The summed E-state index contributed by atoms with van der Waals surface area (Å²) in [5.74, 6) is 1.27. The van der Waals surface area contributed by atoms with Crippen molar-refractivity contribution in [3.63, 3.8) is 0 Å². The average Bonchev–Trinajstić information content (AvgIpc) is 2.92. The summed E-state index contributed by atoms with van der Waals surface area (Å²) >= 11 is 1.67. The van der Waals surface area contributed by atoms with Gasteiger partial charge in [-0.3, -0.25) is 4.79 Å². The number of imidazole rings is 1. The van der Waals surface area contributed by atoms with Crippen LogP contribution in [0.15, 0.2) is 48.5 Å². The highest BCUT2D eigenvalue weighted by atomic mass is 32.2. The molecule has 0 aliphatic rings. The summed E-state index contributed by atoms with van der Waals surface area (Å²) in [6, 6.07) is 13.9. The Kier molecular flexibility index (Phi) is 5.15. The number of halogens is 1. The van der Waals surface area contributed by atoms with E-state index in [1.807, 2.05) is 35.1 Å². The fourth-order valence-electron chi connectivity index (χ4n) is 2.54. The van der Waals surface area contributed by atoms with E-state index in [9.17, 15) is 9.18 Å². The summed E-state index contributed by atoms with van der Waals surface area (Å²) in [5, 5.41) is 2.87. The van der Waals surface area contributed by atoms with Crippen LogP contribution in [0.25, 0.3) is 11.0 Å². The maximum atomic E-state index is 12.9. The predicted molar refractivity (Wildman–Crippen MR) is 95.2 cm³/mol. The van der Waals surface area contributed by atoms with Crippen LogP contribution in [0, 0.1) is 5.82 Å². The molecule has 0 fully saturated rings. The summed E-state index contributed by atoms with van der Waals surface area (Å²) in [6.07, 6.45) is 2.01. The first-order chi connectivity index (χ1) is 11.7. The third-order valence-electron chi connectivity index (χ3n) is 3.71. The Bertz CT molecular complexity index is 845. The number of hydrogen-bond donors (Lipinski definition) is 1. The van der Waals surface area contributed by atoms with Gasteiger partial charge in [0.2, 0.25) is 5.91 Å². The number of nitrogens with zero attached hydrogens (tertiary/aromatic N) is 2. The SMILES string of the molecule is CSCc1nc2ccccc2n1CC(=O)NCc1ccc(F)cc1. The van der Waals surface area contributed by atoms with Gasteiger partial charge in [0.1, 0.15) is 18.2 Å². The Labute approximate surface area is 144 Å². The second kappa shape index (κ2) is 7.49. The number of thioether (sulfide) groups is 1. The maximum absolute atomic E-state index is 12.9. The number of carbonyl (C=O) groups excluding carboxylic acids is 1. The molecular formula is C18H18FN3OS. The number of hydrogen-bond acceptors (Lipinski definition) is 3. The van der Waals surface area contributed by atoms with Gasteiger partial charge in [0.25, 0.3) is 0 Å². The number of nitrogens with one attached hydrogen (secondary N) is 1. The molecule has 1 amide bonds. The molecular weight excluding hydrogens is 325 g/mol. The molecule has 0 aliphatic heterocycles. The van der Waals surface area contributed by atoms with Gasteiger partial charge in [0, 0.05) is 6.54 Å². The van der Waals surface area contributed by atoms with E-state index in [0.29, 0.717) is 6.54 Å². The summed E-state index contributed by atoms with van der Waals surface area (Å²) in [7, 11) is 0. The largest absolute Gasteiger partial charge is 0.350 e. The molecule has 3 aromatic rings. The topological polar surface area (TPSA) is 46.9 Å². The summed E-state index contributed by atoms with van der Waals surface area (Å²) in [5.41, 5.74) is 2.72. The molecule has 0 bridgehead atoms. The lowest BCUT2D eigenvalue weighted by atomic mass is 10.2. The molecule has 1 heterocycles. The lowest BCUT2D eigenvalue weighted by Crippen LogP contribution is -2.27. The molecule has 0 radical (unpaired) electrons.